The number of nitrogens with one attached hydrogen (secondary N) is 2. The molecule has 0 atom stereocenters. The number of nitrogens with zero attached hydrogens (tertiary/aromatic N) is 3. The summed E-state index contributed by atoms with van der Waals surface area (Å²) in [6, 6.07) is 8.43. The fourth-order valence-electron chi connectivity index (χ4n) is 5.62. The molecule has 2 N–H and O–H groups in total. The average Bonchev–Trinajstić information content (AvgIpc) is 3.37. The summed E-state index contributed by atoms with van der Waals surface area (Å²) in [5.74, 6) is -0.0492. The number of carbonyl (C=O) groups excluding carboxylic acids is 1. The summed E-state index contributed by atoms with van der Waals surface area (Å²) < 4.78 is 15.5. The number of aromatic amines is 1. The molecule has 7 nitrogen and oxygen atoms in total. The van der Waals surface area contributed by atoms with Gasteiger partial charge >= 0.3 is 0 Å². The number of fused-ring (bicyclic) bond motifs is 3. The first-order valence-corrected chi connectivity index (χ1v) is 11.8. The lowest BCUT2D eigenvalue weighted by Crippen LogP contribution is -2.43. The van der Waals surface area contributed by atoms with Gasteiger partial charge in [-0.05, 0) is 61.7 Å². The van der Waals surface area contributed by atoms with Gasteiger partial charge in [0.2, 0.25) is 5.91 Å². The molecule has 8 heteroatoms. The third kappa shape index (κ3) is 3.49. The maximum atomic E-state index is 13.4. The van der Waals surface area contributed by atoms with Crippen LogP contribution in [0.2, 0.25) is 0 Å². The number of H-pyrrole nitrogens is 1. The molecule has 1 aromatic carbocycles. The highest BCUT2D eigenvalue weighted by Gasteiger charge is 2.44. The third-order valence-electron chi connectivity index (χ3n) is 7.56. The van der Waals surface area contributed by atoms with Gasteiger partial charge in [0, 0.05) is 42.8 Å². The Morgan fingerprint density at radius 3 is 2.56 bits per heavy atom. The summed E-state index contributed by atoms with van der Waals surface area (Å²) in [4.78, 5) is 34.4. The molecule has 0 bridgehead atoms. The Bertz CT molecular complexity index is 1450. The Labute approximate surface area is 195 Å². The van der Waals surface area contributed by atoms with Crippen molar-refractivity contribution in [3.63, 3.8) is 0 Å². The van der Waals surface area contributed by atoms with Gasteiger partial charge in [-0.25, -0.2) is 9.37 Å². The molecule has 2 fully saturated rings. The topological polar surface area (TPSA) is 83.0 Å². The van der Waals surface area contributed by atoms with Crippen molar-refractivity contribution in [1.82, 2.24) is 24.8 Å². The quantitative estimate of drug-likeness (QED) is 0.491. The van der Waals surface area contributed by atoms with Gasteiger partial charge in [-0.2, -0.15) is 0 Å². The highest BCUT2D eigenvalue weighted by molar-refractivity contribution is 6.06. The van der Waals surface area contributed by atoms with Crippen LogP contribution in [-0.4, -0.2) is 45.0 Å². The van der Waals surface area contributed by atoms with Crippen LogP contribution in [-0.2, 0) is 17.9 Å². The summed E-state index contributed by atoms with van der Waals surface area (Å²) in [7, 11) is 0. The van der Waals surface area contributed by atoms with Crippen molar-refractivity contribution in [2.45, 2.75) is 32.4 Å². The molecule has 2 saturated heterocycles. The van der Waals surface area contributed by atoms with E-state index in [1.807, 2.05) is 6.07 Å². The summed E-state index contributed by atoms with van der Waals surface area (Å²) in [5.41, 5.74) is 3.09. The summed E-state index contributed by atoms with van der Waals surface area (Å²) in [6.07, 6.45) is 8.22. The zero-order valence-corrected chi connectivity index (χ0v) is 18.8. The normalized spacial score (nSPS) is 18.2. The SMILES string of the molecule is O=C1NCCC12CCN(Cc1cn(Cc3ccc(F)cc3)c3cnc4c(=O)[nH]ccc4c13)CC2. The third-order valence-corrected chi connectivity index (χ3v) is 7.56. The van der Waals surface area contributed by atoms with Gasteiger partial charge in [0.1, 0.15) is 11.3 Å². The Morgan fingerprint density at radius 2 is 1.82 bits per heavy atom. The van der Waals surface area contributed by atoms with Crippen LogP contribution in [0.3, 0.4) is 0 Å². The smallest absolute Gasteiger partial charge is 0.274 e. The predicted molar refractivity (Wildman–Crippen MR) is 128 cm³/mol. The number of benzene rings is 1. The number of hydrogen-bond acceptors (Lipinski definition) is 4. The van der Waals surface area contributed by atoms with E-state index in [2.05, 4.69) is 30.9 Å². The van der Waals surface area contributed by atoms with Gasteiger partial charge in [-0.1, -0.05) is 12.1 Å². The van der Waals surface area contributed by atoms with E-state index in [-0.39, 0.29) is 22.7 Å². The number of likely N-dealkylation sites (tertiary alicyclic amines) is 1. The first kappa shape index (κ1) is 21.0. The van der Waals surface area contributed by atoms with E-state index in [1.165, 1.54) is 12.1 Å². The van der Waals surface area contributed by atoms with Crippen molar-refractivity contribution in [2.75, 3.05) is 19.6 Å². The first-order chi connectivity index (χ1) is 16.5. The van der Waals surface area contributed by atoms with E-state index in [9.17, 15) is 14.0 Å². The number of carbonyl (C=O) groups is 1. The van der Waals surface area contributed by atoms with Crippen LogP contribution in [0.1, 0.15) is 30.4 Å². The number of pyridine rings is 2. The van der Waals surface area contributed by atoms with Gasteiger partial charge in [0.25, 0.3) is 5.56 Å². The fourth-order valence-corrected chi connectivity index (χ4v) is 5.62. The molecule has 1 amide bonds. The van der Waals surface area contributed by atoms with Crippen LogP contribution in [0.5, 0.6) is 0 Å². The minimum Gasteiger partial charge on any atom is -0.356 e. The molecule has 0 saturated carbocycles. The molecule has 34 heavy (non-hydrogen) atoms. The predicted octanol–water partition coefficient (Wildman–Crippen LogP) is 3.17. The minimum absolute atomic E-state index is 0.197. The molecule has 1 spiro atoms. The lowest BCUT2D eigenvalue weighted by atomic mass is 9.77. The number of amides is 1. The Morgan fingerprint density at radius 1 is 1.03 bits per heavy atom. The highest BCUT2D eigenvalue weighted by atomic mass is 19.1. The van der Waals surface area contributed by atoms with Crippen LogP contribution in [0.15, 0.2) is 53.7 Å². The van der Waals surface area contributed by atoms with E-state index in [1.54, 1.807) is 24.5 Å². The van der Waals surface area contributed by atoms with Crippen LogP contribution in [0, 0.1) is 11.2 Å². The van der Waals surface area contributed by atoms with Crippen molar-refractivity contribution in [3.05, 3.63) is 76.2 Å². The van der Waals surface area contributed by atoms with Crippen molar-refractivity contribution in [2.24, 2.45) is 5.41 Å². The molecule has 0 unspecified atom stereocenters. The molecule has 5 heterocycles. The second kappa shape index (κ2) is 8.06. The highest BCUT2D eigenvalue weighted by Crippen LogP contribution is 2.39. The maximum Gasteiger partial charge on any atom is 0.274 e. The van der Waals surface area contributed by atoms with Gasteiger partial charge in [0.05, 0.1) is 17.1 Å². The molecular weight excluding hydrogens is 433 g/mol. The molecule has 0 radical (unpaired) electrons. The lowest BCUT2D eigenvalue weighted by molar-refractivity contribution is -0.130. The zero-order valence-electron chi connectivity index (χ0n) is 18.8. The van der Waals surface area contributed by atoms with Gasteiger partial charge in [-0.3, -0.25) is 14.5 Å². The Hall–Kier alpha value is -3.52. The molecule has 3 aromatic heterocycles. The Kier molecular flexibility index (Phi) is 4.99. The standard InChI is InChI=1S/C26H26FN5O2/c27-19-3-1-17(2-4-19)14-32-16-18(15-31-11-7-26(8-12-31)6-10-29-25(26)34)22-20-5-9-28-24(33)23(20)30-13-21(22)32/h1-5,9,13,16H,6-8,10-12,14-15H2,(H,28,33)(H,29,34). The molecule has 4 aromatic rings. The van der Waals surface area contributed by atoms with E-state index in [0.29, 0.717) is 12.1 Å². The number of hydrogen-bond donors (Lipinski definition) is 2. The molecule has 6 rings (SSSR count). The minimum atomic E-state index is -0.257. The van der Waals surface area contributed by atoms with Crippen LogP contribution in [0.25, 0.3) is 21.8 Å². The van der Waals surface area contributed by atoms with E-state index in [0.717, 1.165) is 72.9 Å². The Balaban J connectivity index is 1.38. The van der Waals surface area contributed by atoms with Crippen molar-refractivity contribution in [3.8, 4) is 0 Å². The van der Waals surface area contributed by atoms with Crippen LogP contribution < -0.4 is 10.9 Å². The van der Waals surface area contributed by atoms with Gasteiger partial charge in [0.15, 0.2) is 0 Å². The largest absolute Gasteiger partial charge is 0.356 e. The summed E-state index contributed by atoms with van der Waals surface area (Å²) in [5, 5.41) is 4.86. The number of halogens is 1. The van der Waals surface area contributed by atoms with Crippen LogP contribution in [0.4, 0.5) is 4.39 Å². The van der Waals surface area contributed by atoms with Gasteiger partial charge in [-0.15, -0.1) is 0 Å². The number of rotatable bonds is 4. The van der Waals surface area contributed by atoms with E-state index in [4.69, 9.17) is 0 Å². The van der Waals surface area contributed by atoms with E-state index >= 15 is 0 Å². The van der Waals surface area contributed by atoms with Crippen molar-refractivity contribution in [1.29, 1.82) is 0 Å². The van der Waals surface area contributed by atoms with Crippen molar-refractivity contribution >= 4 is 27.7 Å². The summed E-state index contributed by atoms with van der Waals surface area (Å²) >= 11 is 0. The van der Waals surface area contributed by atoms with Gasteiger partial charge < -0.3 is 14.9 Å². The molecule has 174 valence electrons. The maximum absolute atomic E-state index is 13.4. The first-order valence-electron chi connectivity index (χ1n) is 11.8. The fraction of sp³-hybridized carbons (Fsp3) is 0.346. The lowest BCUT2D eigenvalue weighted by Gasteiger charge is -2.37. The monoisotopic (exact) mass is 459 g/mol. The summed E-state index contributed by atoms with van der Waals surface area (Å²) in [6.45, 7) is 3.82. The van der Waals surface area contributed by atoms with Crippen molar-refractivity contribution < 1.29 is 9.18 Å². The van der Waals surface area contributed by atoms with E-state index < -0.39 is 0 Å². The number of aromatic nitrogens is 3. The average molecular weight is 460 g/mol. The number of piperidine rings is 1. The molecular formula is C26H26FN5O2. The molecule has 2 aliphatic rings. The molecule has 0 aliphatic carbocycles. The second-order valence-electron chi connectivity index (χ2n) is 9.56. The second-order valence-corrected chi connectivity index (χ2v) is 9.56. The molecule has 2 aliphatic heterocycles. The zero-order chi connectivity index (χ0) is 23.3. The van der Waals surface area contributed by atoms with Crippen LogP contribution >= 0.6 is 0 Å².